The molecular formula is C20H21N5OS2. The second-order valence-corrected chi connectivity index (χ2v) is 8.66. The van der Waals surface area contributed by atoms with Crippen LogP contribution in [0, 0.1) is 11.3 Å². The number of thioether (sulfide) groups is 1. The van der Waals surface area contributed by atoms with Gasteiger partial charge in [0.15, 0.2) is 11.0 Å². The molecule has 1 aromatic carbocycles. The van der Waals surface area contributed by atoms with E-state index in [4.69, 9.17) is 0 Å². The number of aromatic nitrogens is 3. The molecule has 0 spiro atoms. The van der Waals surface area contributed by atoms with Crippen LogP contribution in [-0.2, 0) is 11.3 Å². The third-order valence-electron chi connectivity index (χ3n) is 4.45. The molecule has 0 N–H and O–H groups in total. The molecule has 0 radical (unpaired) electrons. The van der Waals surface area contributed by atoms with Gasteiger partial charge >= 0.3 is 0 Å². The topological polar surface area (TPSA) is 74.8 Å². The minimum absolute atomic E-state index is 0.122. The van der Waals surface area contributed by atoms with Gasteiger partial charge in [0.05, 0.1) is 23.2 Å². The average molecular weight is 412 g/mol. The molecule has 0 saturated heterocycles. The summed E-state index contributed by atoms with van der Waals surface area (Å²) >= 11 is 2.95. The normalized spacial score (nSPS) is 11.2. The molecule has 0 aliphatic carbocycles. The van der Waals surface area contributed by atoms with Crippen molar-refractivity contribution in [3.63, 3.8) is 0 Å². The molecule has 0 aliphatic rings. The molecular weight excluding hydrogens is 390 g/mol. The van der Waals surface area contributed by atoms with Crippen LogP contribution >= 0.6 is 23.1 Å². The molecule has 2 aromatic heterocycles. The Labute approximate surface area is 172 Å². The maximum Gasteiger partial charge on any atom is 0.234 e. The second-order valence-electron chi connectivity index (χ2n) is 6.77. The van der Waals surface area contributed by atoms with E-state index in [1.54, 1.807) is 32.2 Å². The van der Waals surface area contributed by atoms with Gasteiger partial charge in [0.25, 0.3) is 0 Å². The molecule has 0 unspecified atom stereocenters. The Hall–Kier alpha value is -2.63. The lowest BCUT2D eigenvalue weighted by atomic mass is 10.1. The lowest BCUT2D eigenvalue weighted by Crippen LogP contribution is -2.44. The molecule has 0 aliphatic heterocycles. The highest BCUT2D eigenvalue weighted by atomic mass is 32.2. The molecule has 3 aromatic rings. The Balaban J connectivity index is 1.83. The molecule has 0 atom stereocenters. The minimum Gasteiger partial charge on any atom is -0.327 e. The summed E-state index contributed by atoms with van der Waals surface area (Å²) < 4.78 is 2.04. The molecule has 0 saturated carbocycles. The number of nitrogens with zero attached hydrogens (tertiary/aromatic N) is 5. The smallest absolute Gasteiger partial charge is 0.234 e. The summed E-state index contributed by atoms with van der Waals surface area (Å²) in [7, 11) is 1.65. The van der Waals surface area contributed by atoms with Gasteiger partial charge in [0.1, 0.15) is 5.54 Å². The summed E-state index contributed by atoms with van der Waals surface area (Å²) in [5.41, 5.74) is 0.285. The summed E-state index contributed by atoms with van der Waals surface area (Å²) in [5, 5.41) is 20.6. The van der Waals surface area contributed by atoms with Gasteiger partial charge in [-0.1, -0.05) is 48.2 Å². The number of carbonyl (C=O) groups is 1. The van der Waals surface area contributed by atoms with Crippen molar-refractivity contribution in [3.8, 4) is 16.8 Å². The third kappa shape index (κ3) is 4.43. The highest BCUT2D eigenvalue weighted by Gasteiger charge is 2.27. The Bertz CT molecular complexity index is 974. The zero-order valence-electron chi connectivity index (χ0n) is 16.0. The van der Waals surface area contributed by atoms with E-state index >= 15 is 0 Å². The summed E-state index contributed by atoms with van der Waals surface area (Å²) in [6.45, 7) is 4.07. The maximum absolute atomic E-state index is 12.5. The van der Waals surface area contributed by atoms with Gasteiger partial charge in [-0.3, -0.25) is 9.36 Å². The predicted octanol–water partition coefficient (Wildman–Crippen LogP) is 3.91. The Morgan fingerprint density at radius 3 is 2.64 bits per heavy atom. The lowest BCUT2D eigenvalue weighted by Gasteiger charge is -2.28. The molecule has 6 nitrogen and oxygen atoms in total. The third-order valence-corrected chi connectivity index (χ3v) is 6.27. The van der Waals surface area contributed by atoms with Gasteiger partial charge in [0.2, 0.25) is 5.91 Å². The van der Waals surface area contributed by atoms with Crippen molar-refractivity contribution in [1.82, 2.24) is 19.7 Å². The average Bonchev–Trinajstić information content (AvgIpc) is 3.36. The molecule has 2 heterocycles. The fourth-order valence-electron chi connectivity index (χ4n) is 2.50. The molecule has 8 heteroatoms. The van der Waals surface area contributed by atoms with Crippen molar-refractivity contribution >= 4 is 29.0 Å². The number of hydrogen-bond donors (Lipinski definition) is 0. The Morgan fingerprint density at radius 2 is 2.00 bits per heavy atom. The van der Waals surface area contributed by atoms with Crippen LogP contribution in [0.15, 0.2) is 53.0 Å². The first-order valence-electron chi connectivity index (χ1n) is 8.74. The van der Waals surface area contributed by atoms with E-state index in [-0.39, 0.29) is 11.7 Å². The van der Waals surface area contributed by atoms with Crippen LogP contribution in [0.1, 0.15) is 19.4 Å². The van der Waals surface area contributed by atoms with E-state index in [9.17, 15) is 10.1 Å². The van der Waals surface area contributed by atoms with Crippen LogP contribution in [0.5, 0.6) is 0 Å². The standard InChI is InChI=1S/C20H21N5OS2/c1-20(2,14-21)24(3)17(26)13-28-19-23-22-18(16-10-7-11-27-16)25(19)12-15-8-5-4-6-9-15/h4-11H,12-13H2,1-3H3. The Morgan fingerprint density at radius 1 is 1.25 bits per heavy atom. The molecule has 0 bridgehead atoms. The van der Waals surface area contributed by atoms with Crippen molar-refractivity contribution in [2.24, 2.45) is 0 Å². The van der Waals surface area contributed by atoms with Crippen LogP contribution in [0.4, 0.5) is 0 Å². The molecule has 1 amide bonds. The first kappa shape index (κ1) is 20.1. The van der Waals surface area contributed by atoms with E-state index in [1.165, 1.54) is 16.7 Å². The largest absolute Gasteiger partial charge is 0.327 e. The first-order valence-corrected chi connectivity index (χ1v) is 10.6. The number of thiophene rings is 1. The highest BCUT2D eigenvalue weighted by Crippen LogP contribution is 2.28. The molecule has 28 heavy (non-hydrogen) atoms. The summed E-state index contributed by atoms with van der Waals surface area (Å²) in [4.78, 5) is 15.0. The van der Waals surface area contributed by atoms with Crippen molar-refractivity contribution in [2.45, 2.75) is 31.1 Å². The van der Waals surface area contributed by atoms with Crippen LogP contribution < -0.4 is 0 Å². The van der Waals surface area contributed by atoms with Crippen molar-refractivity contribution in [2.75, 3.05) is 12.8 Å². The van der Waals surface area contributed by atoms with E-state index in [2.05, 4.69) is 28.4 Å². The van der Waals surface area contributed by atoms with Crippen LogP contribution in [0.25, 0.3) is 10.7 Å². The number of carbonyl (C=O) groups excluding carboxylic acids is 1. The van der Waals surface area contributed by atoms with Gasteiger partial charge in [0, 0.05) is 7.05 Å². The number of rotatable bonds is 7. The monoisotopic (exact) mass is 411 g/mol. The molecule has 3 rings (SSSR count). The minimum atomic E-state index is -0.850. The van der Waals surface area contributed by atoms with Crippen molar-refractivity contribution in [3.05, 3.63) is 53.4 Å². The van der Waals surface area contributed by atoms with Gasteiger partial charge in [-0.2, -0.15) is 5.26 Å². The van der Waals surface area contributed by atoms with E-state index < -0.39 is 5.54 Å². The predicted molar refractivity (Wildman–Crippen MR) is 112 cm³/mol. The van der Waals surface area contributed by atoms with Gasteiger partial charge < -0.3 is 4.90 Å². The number of amides is 1. The van der Waals surface area contributed by atoms with Crippen molar-refractivity contribution in [1.29, 1.82) is 5.26 Å². The summed E-state index contributed by atoms with van der Waals surface area (Å²) in [5.74, 6) is 0.863. The lowest BCUT2D eigenvalue weighted by molar-refractivity contribution is -0.130. The first-order chi connectivity index (χ1) is 13.4. The van der Waals surface area contributed by atoms with Crippen LogP contribution in [0.3, 0.4) is 0 Å². The Kier molecular flexibility index (Phi) is 6.17. The summed E-state index contributed by atoms with van der Waals surface area (Å²) in [6, 6.07) is 16.2. The summed E-state index contributed by atoms with van der Waals surface area (Å²) in [6.07, 6.45) is 0. The van der Waals surface area contributed by atoms with E-state index in [0.29, 0.717) is 11.7 Å². The number of hydrogen-bond acceptors (Lipinski definition) is 6. The SMILES string of the molecule is CN(C(=O)CSc1nnc(-c2cccs2)n1Cc1ccccc1)C(C)(C)C#N. The fraction of sp³-hybridized carbons (Fsp3) is 0.300. The fourth-order valence-corrected chi connectivity index (χ4v) is 4.07. The van der Waals surface area contributed by atoms with Crippen LogP contribution in [0.2, 0.25) is 0 Å². The van der Waals surface area contributed by atoms with E-state index in [0.717, 1.165) is 16.3 Å². The maximum atomic E-state index is 12.5. The second kappa shape index (κ2) is 8.59. The molecule has 0 fully saturated rings. The zero-order chi connectivity index (χ0) is 20.1. The van der Waals surface area contributed by atoms with Gasteiger partial charge in [-0.15, -0.1) is 21.5 Å². The quantitative estimate of drug-likeness (QED) is 0.551. The zero-order valence-corrected chi connectivity index (χ0v) is 17.6. The van der Waals surface area contributed by atoms with Crippen molar-refractivity contribution < 1.29 is 4.79 Å². The van der Waals surface area contributed by atoms with Crippen LogP contribution in [-0.4, -0.2) is 43.9 Å². The van der Waals surface area contributed by atoms with Gasteiger partial charge in [-0.05, 0) is 30.9 Å². The highest BCUT2D eigenvalue weighted by molar-refractivity contribution is 7.99. The number of nitriles is 1. The van der Waals surface area contributed by atoms with E-state index in [1.807, 2.05) is 40.3 Å². The van der Waals surface area contributed by atoms with Gasteiger partial charge in [-0.25, -0.2) is 0 Å². The number of benzene rings is 1. The molecule has 144 valence electrons.